The largest absolute Gasteiger partial charge is 0.388 e. The number of benzene rings is 7. The topological polar surface area (TPSA) is 252 Å². The average molecular weight is 1840 g/mol. The summed E-state index contributed by atoms with van der Waals surface area (Å²) in [6.07, 6.45) is 13.7. The number of fused-ring (bicyclic) bond motifs is 1. The summed E-state index contributed by atoms with van der Waals surface area (Å²) in [5.74, 6) is 2.96. The van der Waals surface area contributed by atoms with E-state index in [4.69, 9.17) is 23.2 Å². The van der Waals surface area contributed by atoms with Crippen molar-refractivity contribution in [3.8, 4) is 11.4 Å². The van der Waals surface area contributed by atoms with E-state index in [1.807, 2.05) is 74.6 Å². The molecule has 4 atom stereocenters. The molecule has 0 aliphatic carbocycles. The lowest BCUT2D eigenvalue weighted by Gasteiger charge is -2.44. The molecule has 1 N–H and O–H groups in total. The Kier molecular flexibility index (Phi) is 41.2. The predicted octanol–water partition coefficient (Wildman–Crippen LogP) is 13.9. The van der Waals surface area contributed by atoms with E-state index < -0.39 is 0 Å². The number of halogens is 2. The van der Waals surface area contributed by atoms with Crippen LogP contribution in [0.2, 0.25) is 10.0 Å². The molecule has 4 aromatic heterocycles. The van der Waals surface area contributed by atoms with E-state index in [2.05, 4.69) is 223 Å². The highest BCUT2D eigenvalue weighted by atomic mass is 35.5. The van der Waals surface area contributed by atoms with E-state index in [0.29, 0.717) is 29.0 Å². The van der Waals surface area contributed by atoms with Crippen LogP contribution in [0.3, 0.4) is 0 Å². The van der Waals surface area contributed by atoms with Gasteiger partial charge in [0.2, 0.25) is 17.8 Å². The fourth-order valence-corrected chi connectivity index (χ4v) is 16.5. The molecule has 11 aromatic rings. The summed E-state index contributed by atoms with van der Waals surface area (Å²) in [4.78, 5) is 101. The molecular weight excluding hydrogens is 1700 g/mol. The average Bonchev–Trinajstić information content (AvgIpc) is 1.60. The second-order valence-corrected chi connectivity index (χ2v) is 35.1. The Morgan fingerprint density at radius 2 is 0.811 bits per heavy atom. The van der Waals surface area contributed by atoms with Crippen LogP contribution in [0.5, 0.6) is 0 Å². The third-order valence-electron chi connectivity index (χ3n) is 24.9. The minimum absolute atomic E-state index is 0.0498. The van der Waals surface area contributed by atoms with Crippen molar-refractivity contribution in [3.05, 3.63) is 272 Å². The van der Waals surface area contributed by atoms with E-state index in [-0.39, 0.29) is 35.0 Å². The molecule has 31 heteroatoms. The zero-order valence-corrected chi connectivity index (χ0v) is 82.3. The van der Waals surface area contributed by atoms with Gasteiger partial charge in [0.05, 0.1) is 34.4 Å². The van der Waals surface area contributed by atoms with Crippen LogP contribution in [0, 0.1) is 31.6 Å². The summed E-state index contributed by atoms with van der Waals surface area (Å²) in [7, 11) is 18.8. The van der Waals surface area contributed by atoms with Gasteiger partial charge in [-0.3, -0.25) is 29.0 Å². The van der Waals surface area contributed by atoms with Crippen LogP contribution in [-0.4, -0.2) is 273 Å². The van der Waals surface area contributed by atoms with Gasteiger partial charge < -0.3 is 49.4 Å². The molecule has 6 saturated heterocycles. The van der Waals surface area contributed by atoms with Crippen molar-refractivity contribution in [1.82, 2.24) is 83.1 Å². The lowest BCUT2D eigenvalue weighted by molar-refractivity contribution is -0.146. The normalized spacial score (nSPS) is 18.0. The van der Waals surface area contributed by atoms with Crippen molar-refractivity contribution < 1.29 is 19.2 Å². The van der Waals surface area contributed by atoms with Gasteiger partial charge in [0, 0.05) is 223 Å². The Bertz CT molecular complexity index is 5340. The summed E-state index contributed by atoms with van der Waals surface area (Å²) >= 11 is 11.7. The highest BCUT2D eigenvalue weighted by Crippen LogP contribution is 2.34. The summed E-state index contributed by atoms with van der Waals surface area (Å²) in [6.45, 7) is 36.8. The second kappa shape index (κ2) is 52.4. The van der Waals surface area contributed by atoms with E-state index in [0.717, 1.165) is 147 Å². The van der Waals surface area contributed by atoms with Crippen LogP contribution in [0.4, 0.5) is 34.4 Å². The Labute approximate surface area is 791 Å². The summed E-state index contributed by atoms with van der Waals surface area (Å²) in [5, 5.41) is 20.0. The van der Waals surface area contributed by atoms with Gasteiger partial charge in [0.25, 0.3) is 11.8 Å². The number of imide groups is 2. The van der Waals surface area contributed by atoms with Gasteiger partial charge in [-0.05, 0) is 212 Å². The molecule has 29 nitrogen and oxygen atoms in total. The lowest BCUT2D eigenvalue weighted by Crippen LogP contribution is -2.48. The Hall–Kier alpha value is -11.9. The molecule has 0 saturated carbocycles. The van der Waals surface area contributed by atoms with Crippen LogP contribution in [0.25, 0.3) is 11.4 Å². The van der Waals surface area contributed by atoms with Crippen LogP contribution < -0.4 is 41.2 Å². The molecule has 4 unspecified atom stereocenters. The highest BCUT2D eigenvalue weighted by Gasteiger charge is 2.35. The number of anilines is 6. The fraction of sp³-hybridized carbons (Fsp3) is 0.446. The molecule has 6 fully saturated rings. The number of likely N-dealkylation sites (N-methyl/N-ethyl adjacent to an activating group) is 3. The molecule has 7 aromatic carbocycles. The number of hydrogen-bond acceptors (Lipinski definition) is 22. The molecule has 0 bridgehead atoms. The fourth-order valence-electron chi connectivity index (χ4n) is 16.3. The second-order valence-electron chi connectivity index (χ2n) is 34.3. The first-order valence-corrected chi connectivity index (χ1v) is 46.7. The van der Waals surface area contributed by atoms with Gasteiger partial charge >= 0.3 is 11.4 Å². The molecule has 0 radical (unpaired) electrons. The number of piperidine rings is 2. The number of nitrogens with one attached hydrogen (secondary N) is 1. The SMILES string of the molecule is CCC1C(C)C(C)C(C)CN1C.CCc1cccc(CC)c1N1CCN(C)CC1.CN1C(=O)CCCC1=O.CN1C(=O)c2ccccc2C1=O.CN1CCN(c2ncccn2)CC1.CNc1ccccc1.Cc1ccc(N2CCN(C)CC2)cc1.Cc1cnn(C)n1.Cn1ncn(-c2ccc(Cl)cc2)c1=O.Cn1ncn(-c2ccc(N3CCN(c4ccc(Cl)cc4)CC3)cc2)c1=O. The first-order valence-electron chi connectivity index (χ1n) is 46.0. The van der Waals surface area contributed by atoms with Crippen LogP contribution in [0.15, 0.2) is 217 Å². The van der Waals surface area contributed by atoms with Gasteiger partial charge in [-0.1, -0.05) is 131 Å². The Morgan fingerprint density at radius 1 is 0.417 bits per heavy atom. The minimum Gasteiger partial charge on any atom is -0.388 e. The number of nitrogens with zero attached hydrogens (tertiary/aromatic N) is 22. The number of amides is 4. The number of carbonyl (C=O) groups is 4. The smallest absolute Gasteiger partial charge is 0.350 e. The molecule has 708 valence electrons. The van der Waals surface area contributed by atoms with Crippen molar-refractivity contribution in [1.29, 1.82) is 0 Å². The monoisotopic (exact) mass is 1840 g/mol. The third kappa shape index (κ3) is 30.6. The van der Waals surface area contributed by atoms with Gasteiger partial charge in [0.15, 0.2) is 0 Å². The molecule has 7 aliphatic heterocycles. The van der Waals surface area contributed by atoms with Gasteiger partial charge in [-0.15, -0.1) is 0 Å². The van der Waals surface area contributed by atoms with Crippen molar-refractivity contribution >= 4 is 81.2 Å². The molecule has 0 spiro atoms. The number of carbonyl (C=O) groups excluding carboxylic acids is 4. The number of aryl methyl sites for hydroxylation is 7. The minimum atomic E-state index is -0.212. The number of piperazine rings is 4. The quantitative estimate of drug-likeness (QED) is 0.118. The molecular formula is C101H139Cl2N23O6. The van der Waals surface area contributed by atoms with E-state index in [1.165, 1.54) is 136 Å². The molecule has 4 amide bonds. The molecule has 11 heterocycles. The maximum Gasteiger partial charge on any atom is 0.350 e. The summed E-state index contributed by atoms with van der Waals surface area (Å²) in [5.41, 5.74) is 14.0. The Morgan fingerprint density at radius 3 is 1.18 bits per heavy atom. The summed E-state index contributed by atoms with van der Waals surface area (Å²) in [6, 6.07) is 58.2. The zero-order chi connectivity index (χ0) is 95.5. The maximum atomic E-state index is 12.0. The number of aromatic nitrogens is 11. The predicted molar refractivity (Wildman–Crippen MR) is 536 cm³/mol. The van der Waals surface area contributed by atoms with Crippen molar-refractivity contribution in [2.45, 2.75) is 100.0 Å². The third-order valence-corrected chi connectivity index (χ3v) is 25.4. The molecule has 7 aliphatic rings. The molecule has 18 rings (SSSR count). The highest BCUT2D eigenvalue weighted by molar-refractivity contribution is 6.31. The van der Waals surface area contributed by atoms with Gasteiger partial charge in [-0.25, -0.2) is 38.1 Å². The first kappa shape index (κ1) is 104. The van der Waals surface area contributed by atoms with Gasteiger partial charge in [0.1, 0.15) is 12.7 Å². The number of likely N-dealkylation sites (tertiary alicyclic amines) is 2. The van der Waals surface area contributed by atoms with Crippen molar-refractivity contribution in [2.75, 3.05) is 190 Å². The summed E-state index contributed by atoms with van der Waals surface area (Å²) < 4.78 is 5.59. The standard InChI is InChI=1S/C19H20ClN5O.C15H24N2.C12H18N2.C11H23N.C9H8ClN3O.C9H14N4.C9H7NO2.C7H9N.C6H9NO2.C4H7N3/c1-22-19(26)25(14-21-22)18-8-6-17(7-9-18)24-12-10-23(11-13-24)16-4-2-15(20)3-5-16;1-4-13-7-6-8-14(5-2)15(13)17-11-9-16(3)10-12-17;1-11-3-5-12(6-4-11)14-9-7-13(2)8-10-14;1-6-11-10(4)9(3)8(2)7-12(11)5;1-12-9(14)13(6-11-12)8-4-2-7(10)3-5-8;1-12-5-7-13(8-6-12)9-10-3-2-4-11-9;1-10-8(11)6-4-2-3-5-7(6)9(10)12;1-8-7-5-3-2-4-6-7;1-7-5(8)3-2-4-6(7)9;1-4-3-5-7(2)6-4/h2-9,14H,10-13H2,1H3;6-8H,4-5,9-12H2,1-3H3;3-6H,7-10H2,1-2H3;8-11H,6-7H2,1-5H3;2-6H,1H3;2-4H,5-8H2,1H3;2-5H,1H3;2-6,8H,1H3;2-4H2,1H3;3H,1-2H3. The zero-order valence-electron chi connectivity index (χ0n) is 80.7. The number of rotatable bonds is 11. The van der Waals surface area contributed by atoms with Crippen LogP contribution in [-0.2, 0) is 43.6 Å². The first-order chi connectivity index (χ1) is 63.4. The van der Waals surface area contributed by atoms with Crippen LogP contribution >= 0.6 is 23.2 Å². The van der Waals surface area contributed by atoms with Crippen LogP contribution in [0.1, 0.15) is 110 Å². The van der Waals surface area contributed by atoms with Crippen molar-refractivity contribution in [3.63, 3.8) is 0 Å². The van der Waals surface area contributed by atoms with E-state index in [9.17, 15) is 28.8 Å². The maximum absolute atomic E-state index is 12.0. The van der Waals surface area contributed by atoms with E-state index >= 15 is 0 Å². The molecule has 132 heavy (non-hydrogen) atoms. The van der Waals surface area contributed by atoms with Gasteiger partial charge in [-0.2, -0.15) is 25.2 Å². The van der Waals surface area contributed by atoms with E-state index in [1.54, 1.807) is 99.2 Å². The number of hydrogen-bond donors (Lipinski definition) is 1. The number of para-hydroxylation sites is 2. The van der Waals surface area contributed by atoms with Crippen molar-refractivity contribution in [2.24, 2.45) is 38.9 Å². The lowest BCUT2D eigenvalue weighted by atomic mass is 9.75. The Balaban J connectivity index is 0.000000169.